The summed E-state index contributed by atoms with van der Waals surface area (Å²) < 4.78 is 4.47. The van der Waals surface area contributed by atoms with Crippen LogP contribution in [0.5, 0.6) is 0 Å². The van der Waals surface area contributed by atoms with E-state index in [0.717, 1.165) is 0 Å². The molecule has 0 aliphatic heterocycles. The molecule has 3 aliphatic carbocycles. The molecule has 40 heavy (non-hydrogen) atoms. The van der Waals surface area contributed by atoms with Crippen LogP contribution in [0.3, 0.4) is 0 Å². The Balaban J connectivity index is 0.00000220. The summed E-state index contributed by atoms with van der Waals surface area (Å²) in [4.78, 5) is 0. The fraction of sp³-hybridized carbons (Fsp3) is 0.541. The predicted octanol–water partition coefficient (Wildman–Crippen LogP) is 4.62. The van der Waals surface area contributed by atoms with E-state index >= 15 is 0 Å². The van der Waals surface area contributed by atoms with Crippen molar-refractivity contribution in [2.45, 2.75) is 116 Å². The van der Waals surface area contributed by atoms with Gasteiger partial charge in [0.05, 0.1) is 0 Å². The summed E-state index contributed by atoms with van der Waals surface area (Å²) in [5.41, 5.74) is 11.4. The number of hydrogen-bond acceptors (Lipinski definition) is 0. The average Bonchev–Trinajstić information content (AvgIpc) is 3.37. The van der Waals surface area contributed by atoms with Crippen molar-refractivity contribution < 1.29 is 46.1 Å². The molecule has 0 saturated heterocycles. The summed E-state index contributed by atoms with van der Waals surface area (Å²) in [7, 11) is 0. The Hall–Kier alpha value is -0.747. The second kappa shape index (κ2) is 12.1. The summed E-state index contributed by atoms with van der Waals surface area (Å²) in [6.45, 7) is 23.8. The maximum atomic E-state index is 2.70. The van der Waals surface area contributed by atoms with Crippen LogP contribution < -0.4 is 24.8 Å². The number of fused-ring (bicyclic) bond motifs is 3. The van der Waals surface area contributed by atoms with Crippen molar-refractivity contribution in [3.05, 3.63) is 79.7 Å². The normalized spacial score (nSPS) is 19.0. The first-order valence-corrected chi connectivity index (χ1v) is 19.0. The largest absolute Gasteiger partial charge is 1.00 e. The molecule has 0 radical (unpaired) electrons. The van der Waals surface area contributed by atoms with Gasteiger partial charge in [0.1, 0.15) is 0 Å². The topological polar surface area (TPSA) is 0 Å². The van der Waals surface area contributed by atoms with Crippen LogP contribution in [-0.2, 0) is 32.1 Å². The smallest absolute Gasteiger partial charge is 1.00 e. The fourth-order valence-corrected chi connectivity index (χ4v) is 16.8. The maximum absolute atomic E-state index is 2.70. The second-order valence-corrected chi connectivity index (χ2v) is 22.0. The zero-order chi connectivity index (χ0) is 27.6. The van der Waals surface area contributed by atoms with E-state index in [-0.39, 0.29) is 41.1 Å². The first-order chi connectivity index (χ1) is 17.7. The van der Waals surface area contributed by atoms with Gasteiger partial charge in [-0.2, -0.15) is 0 Å². The molecule has 1 unspecified atom stereocenters. The molecule has 0 bridgehead atoms. The van der Waals surface area contributed by atoms with Gasteiger partial charge >= 0.3 is 242 Å². The summed E-state index contributed by atoms with van der Waals surface area (Å²) in [6, 6.07) is 15.2. The minimum absolute atomic E-state index is 0. The van der Waals surface area contributed by atoms with E-state index in [4.69, 9.17) is 0 Å². The average molecular weight is 657 g/mol. The van der Waals surface area contributed by atoms with Crippen molar-refractivity contribution in [1.82, 2.24) is 0 Å². The van der Waals surface area contributed by atoms with Gasteiger partial charge in [-0.15, -0.1) is 0 Å². The van der Waals surface area contributed by atoms with Gasteiger partial charge in [0, 0.05) is 0 Å². The van der Waals surface area contributed by atoms with Crippen molar-refractivity contribution >= 4 is 3.21 Å². The van der Waals surface area contributed by atoms with Gasteiger partial charge in [-0.3, -0.25) is 0 Å². The summed E-state index contributed by atoms with van der Waals surface area (Å²) in [6.07, 6.45) is 12.3. The minimum Gasteiger partial charge on any atom is -1.00 e. The van der Waals surface area contributed by atoms with Gasteiger partial charge in [-0.05, 0) is 0 Å². The van der Waals surface area contributed by atoms with Crippen molar-refractivity contribution in [2.75, 3.05) is 0 Å². The number of benzene rings is 2. The fourth-order valence-electron chi connectivity index (χ4n) is 6.81. The quantitative estimate of drug-likeness (QED) is 0.443. The molecule has 3 heteroatoms. The SMILES string of the molecule is CC1C=C(C(C)(C)C)C=[C]1[Zr+2](=[C]1CCCCC1)[CH]1c2ccc(C(C)(C)C)cc2-c2cc(C(C)(C)C)ccc21.[Cl-].[Cl-]. The van der Waals surface area contributed by atoms with Crippen LogP contribution in [0.2, 0.25) is 0 Å². The molecule has 5 rings (SSSR count). The minimum atomic E-state index is -2.26. The molecule has 216 valence electrons. The molecule has 0 spiro atoms. The Morgan fingerprint density at radius 2 is 1.12 bits per heavy atom. The molecule has 0 N–H and O–H groups in total. The van der Waals surface area contributed by atoms with Gasteiger partial charge < -0.3 is 24.8 Å². The van der Waals surface area contributed by atoms with Crippen LogP contribution in [0, 0.1) is 11.3 Å². The monoisotopic (exact) mass is 654 g/mol. The molecule has 0 aromatic heterocycles. The molecular formula is C37H50Cl2Zr. The van der Waals surface area contributed by atoms with Crippen LogP contribution >= 0.6 is 0 Å². The first-order valence-electron chi connectivity index (χ1n) is 15.1. The third-order valence-corrected chi connectivity index (χ3v) is 18.3. The Kier molecular flexibility index (Phi) is 10.2. The van der Waals surface area contributed by atoms with Gasteiger partial charge in [-0.1, -0.05) is 0 Å². The van der Waals surface area contributed by atoms with E-state index in [9.17, 15) is 0 Å². The number of rotatable bonds is 2. The van der Waals surface area contributed by atoms with Crippen LogP contribution in [0.15, 0.2) is 57.4 Å². The van der Waals surface area contributed by atoms with Crippen molar-refractivity contribution in [1.29, 1.82) is 0 Å². The van der Waals surface area contributed by atoms with E-state index in [1.165, 1.54) is 54.4 Å². The molecule has 3 aliphatic rings. The van der Waals surface area contributed by atoms with Crippen molar-refractivity contribution in [3.8, 4) is 11.1 Å². The van der Waals surface area contributed by atoms with E-state index in [0.29, 0.717) is 9.54 Å². The van der Waals surface area contributed by atoms with Crippen LogP contribution in [0.4, 0.5) is 0 Å². The van der Waals surface area contributed by atoms with Gasteiger partial charge in [-0.25, -0.2) is 0 Å². The Bertz CT molecular complexity index is 1280. The number of halogens is 2. The zero-order valence-corrected chi connectivity index (χ0v) is 30.5. The van der Waals surface area contributed by atoms with Gasteiger partial charge in [0.15, 0.2) is 0 Å². The molecule has 0 amide bonds. The van der Waals surface area contributed by atoms with Gasteiger partial charge in [0.2, 0.25) is 0 Å². The first kappa shape index (κ1) is 33.8. The predicted molar refractivity (Wildman–Crippen MR) is 164 cm³/mol. The molecule has 1 fully saturated rings. The van der Waals surface area contributed by atoms with Crippen LogP contribution in [0.25, 0.3) is 11.1 Å². The summed E-state index contributed by atoms with van der Waals surface area (Å²) in [5.74, 6) is 0.586. The number of hydrogen-bond donors (Lipinski definition) is 0. The van der Waals surface area contributed by atoms with Crippen LogP contribution in [0.1, 0.15) is 127 Å². The summed E-state index contributed by atoms with van der Waals surface area (Å²) in [5, 5.41) is 0. The molecule has 1 saturated carbocycles. The van der Waals surface area contributed by atoms with Crippen molar-refractivity contribution in [2.24, 2.45) is 11.3 Å². The third-order valence-electron chi connectivity index (χ3n) is 9.29. The molecule has 0 heterocycles. The zero-order valence-electron chi connectivity index (χ0n) is 26.6. The third kappa shape index (κ3) is 6.43. The molecule has 1 atom stereocenters. The van der Waals surface area contributed by atoms with E-state index in [1.54, 1.807) is 16.7 Å². The number of allylic oxidation sites excluding steroid dienone is 4. The maximum Gasteiger partial charge on any atom is -1.00 e. The molecule has 2 aromatic rings. The Morgan fingerprint density at radius 1 is 0.650 bits per heavy atom. The summed E-state index contributed by atoms with van der Waals surface area (Å²) >= 11 is -2.26. The van der Waals surface area contributed by atoms with Gasteiger partial charge in [0.25, 0.3) is 0 Å². The van der Waals surface area contributed by atoms with Crippen molar-refractivity contribution in [3.63, 3.8) is 0 Å². The second-order valence-electron chi connectivity index (χ2n) is 15.4. The Morgan fingerprint density at radius 3 is 1.52 bits per heavy atom. The van der Waals surface area contributed by atoms with Crippen LogP contribution in [-0.4, -0.2) is 3.21 Å². The van der Waals surface area contributed by atoms with E-state index in [1.807, 2.05) is 6.49 Å². The molecule has 2 aromatic carbocycles. The molecular weight excluding hydrogens is 607 g/mol. The van der Waals surface area contributed by atoms with E-state index in [2.05, 4.69) is 118 Å². The molecule has 0 nitrogen and oxygen atoms in total. The standard InChI is InChI=1S/C21H25.C10H15.C6H10.2ClH.Zr/c1-20(2,3)16-9-7-14-11-15-8-10-17(21(4,5)6)13-19(15)18(14)12-16;1-8-5-6-9(7-8)10(2,3)4;1-2-4-6-5-3-1;;;/h7-13H,1-6H3;6-8H,1-4H3;1-5H2;2*1H;/q;;;;;+2/p-2. The Labute approximate surface area is 265 Å². The van der Waals surface area contributed by atoms with E-state index < -0.39 is 21.3 Å².